The molecule has 0 spiro atoms. The van der Waals surface area contributed by atoms with Gasteiger partial charge in [0.25, 0.3) is 0 Å². The number of aliphatic carboxylic acids is 1. The van der Waals surface area contributed by atoms with Gasteiger partial charge in [-0.05, 0) is 31.3 Å². The summed E-state index contributed by atoms with van der Waals surface area (Å²) in [5.41, 5.74) is 0.805. The smallest absolute Gasteiger partial charge is 0.325 e. The lowest BCUT2D eigenvalue weighted by Gasteiger charge is -2.12. The quantitative estimate of drug-likeness (QED) is 0.590. The number of benzene rings is 1. The number of carboxylic acids is 1. The predicted molar refractivity (Wildman–Crippen MR) is 75.9 cm³/mol. The Morgan fingerprint density at radius 1 is 1.32 bits per heavy atom. The van der Waals surface area contributed by atoms with Crippen molar-refractivity contribution in [3.05, 3.63) is 30.3 Å². The summed E-state index contributed by atoms with van der Waals surface area (Å²) in [6, 6.07) is 8.33. The molecule has 0 bridgehead atoms. The number of amides is 1. The average Bonchev–Trinajstić information content (AvgIpc) is 2.37. The van der Waals surface area contributed by atoms with Crippen LogP contribution in [-0.2, 0) is 9.59 Å². The van der Waals surface area contributed by atoms with E-state index in [2.05, 4.69) is 16.0 Å². The highest BCUT2D eigenvalue weighted by atomic mass is 32.1. The van der Waals surface area contributed by atoms with Gasteiger partial charge in [-0.3, -0.25) is 9.59 Å². The molecule has 0 aliphatic carbocycles. The van der Waals surface area contributed by atoms with Crippen molar-refractivity contribution in [3.8, 4) is 0 Å². The molecule has 1 unspecified atom stereocenters. The molecule has 1 aromatic rings. The van der Waals surface area contributed by atoms with E-state index in [-0.39, 0.29) is 6.54 Å². The Bertz CT molecular complexity index is 465. The molecule has 0 aromatic heterocycles. The lowest BCUT2D eigenvalue weighted by atomic mass is 10.3. The lowest BCUT2D eigenvalue weighted by Crippen LogP contribution is -2.44. The number of nitrogens with one attached hydrogen (secondary N) is 3. The first kappa shape index (κ1) is 14.9. The normalized spacial score (nSPS) is 11.2. The van der Waals surface area contributed by atoms with E-state index >= 15 is 0 Å². The molecule has 6 nitrogen and oxygen atoms in total. The van der Waals surface area contributed by atoms with Gasteiger partial charge in [0.2, 0.25) is 5.91 Å². The van der Waals surface area contributed by atoms with Crippen LogP contribution in [-0.4, -0.2) is 34.7 Å². The van der Waals surface area contributed by atoms with Crippen LogP contribution < -0.4 is 16.0 Å². The molecule has 1 aromatic carbocycles. The van der Waals surface area contributed by atoms with Crippen molar-refractivity contribution in [2.45, 2.75) is 13.0 Å². The zero-order valence-corrected chi connectivity index (χ0v) is 11.2. The van der Waals surface area contributed by atoms with Crippen LogP contribution in [0.1, 0.15) is 6.92 Å². The van der Waals surface area contributed by atoms with Crippen molar-refractivity contribution in [1.29, 1.82) is 0 Å². The first-order valence-corrected chi connectivity index (χ1v) is 6.02. The maximum atomic E-state index is 11.4. The molecular weight excluding hydrogens is 266 g/mol. The minimum Gasteiger partial charge on any atom is -0.480 e. The third-order valence-electron chi connectivity index (χ3n) is 2.19. The molecule has 4 N–H and O–H groups in total. The number of thiocarbonyl (C=S) groups is 1. The number of para-hydroxylation sites is 1. The predicted octanol–water partition coefficient (Wildman–Crippen LogP) is 0.562. The van der Waals surface area contributed by atoms with Gasteiger partial charge in [0.1, 0.15) is 6.04 Å². The first-order valence-electron chi connectivity index (χ1n) is 5.61. The molecule has 102 valence electrons. The molecule has 0 fully saturated rings. The fraction of sp³-hybridized carbons (Fsp3) is 0.250. The van der Waals surface area contributed by atoms with Crippen molar-refractivity contribution in [2.75, 3.05) is 11.9 Å². The van der Waals surface area contributed by atoms with E-state index in [4.69, 9.17) is 17.3 Å². The molecule has 0 heterocycles. The van der Waals surface area contributed by atoms with Crippen LogP contribution in [0.25, 0.3) is 0 Å². The van der Waals surface area contributed by atoms with Crippen LogP contribution in [0.2, 0.25) is 0 Å². The van der Waals surface area contributed by atoms with E-state index in [1.165, 1.54) is 6.92 Å². The molecule has 1 rings (SSSR count). The summed E-state index contributed by atoms with van der Waals surface area (Å²) in [5.74, 6) is -1.52. The Morgan fingerprint density at radius 2 is 1.95 bits per heavy atom. The molecule has 19 heavy (non-hydrogen) atoms. The minimum absolute atomic E-state index is 0.0870. The number of hydrogen-bond acceptors (Lipinski definition) is 3. The maximum Gasteiger partial charge on any atom is 0.325 e. The van der Waals surface area contributed by atoms with Gasteiger partial charge < -0.3 is 21.1 Å². The summed E-state index contributed by atoms with van der Waals surface area (Å²) in [6.45, 7) is 1.30. The van der Waals surface area contributed by atoms with E-state index in [9.17, 15) is 9.59 Å². The van der Waals surface area contributed by atoms with Gasteiger partial charge in [-0.25, -0.2) is 0 Å². The Balaban J connectivity index is 2.30. The van der Waals surface area contributed by atoms with Crippen LogP contribution >= 0.6 is 12.2 Å². The molecule has 7 heteroatoms. The molecule has 1 amide bonds. The molecule has 0 aliphatic rings. The van der Waals surface area contributed by atoms with Gasteiger partial charge in [0.05, 0.1) is 6.54 Å². The van der Waals surface area contributed by atoms with Crippen molar-refractivity contribution in [1.82, 2.24) is 10.6 Å². The zero-order valence-electron chi connectivity index (χ0n) is 10.3. The van der Waals surface area contributed by atoms with Gasteiger partial charge in [-0.15, -0.1) is 0 Å². The number of carbonyl (C=O) groups is 2. The van der Waals surface area contributed by atoms with E-state index in [1.54, 1.807) is 0 Å². The summed E-state index contributed by atoms with van der Waals surface area (Å²) < 4.78 is 0. The zero-order chi connectivity index (χ0) is 14.3. The number of rotatable bonds is 5. The van der Waals surface area contributed by atoms with Crippen molar-refractivity contribution >= 4 is 34.9 Å². The second-order valence-electron chi connectivity index (χ2n) is 3.80. The fourth-order valence-electron chi connectivity index (χ4n) is 1.21. The van der Waals surface area contributed by atoms with Gasteiger partial charge >= 0.3 is 5.97 Å². The minimum atomic E-state index is -1.08. The molecule has 1 atom stereocenters. The van der Waals surface area contributed by atoms with E-state index in [1.807, 2.05) is 30.3 Å². The Hall–Kier alpha value is -2.15. The highest BCUT2D eigenvalue weighted by molar-refractivity contribution is 7.80. The monoisotopic (exact) mass is 281 g/mol. The second-order valence-corrected chi connectivity index (χ2v) is 4.21. The lowest BCUT2D eigenvalue weighted by molar-refractivity contribution is -0.141. The van der Waals surface area contributed by atoms with Gasteiger partial charge in [-0.1, -0.05) is 18.2 Å². The van der Waals surface area contributed by atoms with E-state index in [0.717, 1.165) is 5.69 Å². The van der Waals surface area contributed by atoms with Gasteiger partial charge in [-0.2, -0.15) is 0 Å². The molecule has 0 radical (unpaired) electrons. The molecule has 0 saturated heterocycles. The van der Waals surface area contributed by atoms with Gasteiger partial charge in [0.15, 0.2) is 5.11 Å². The number of carbonyl (C=O) groups excluding carboxylic acids is 1. The SMILES string of the molecule is CC(NC(=O)CNC(=S)Nc1ccccc1)C(=O)O. The van der Waals surface area contributed by atoms with Gasteiger partial charge in [0, 0.05) is 5.69 Å². The number of carboxylic acid groups (broad SMARTS) is 1. The standard InChI is InChI=1S/C12H15N3O3S/c1-8(11(17)18)14-10(16)7-13-12(19)15-9-5-3-2-4-6-9/h2-6,8H,7H2,1H3,(H,14,16)(H,17,18)(H2,13,15,19). The van der Waals surface area contributed by atoms with Crippen molar-refractivity contribution in [2.24, 2.45) is 0 Å². The highest BCUT2D eigenvalue weighted by Gasteiger charge is 2.13. The summed E-state index contributed by atoms with van der Waals surface area (Å²) in [6.07, 6.45) is 0. The fourth-order valence-corrected chi connectivity index (χ4v) is 1.40. The van der Waals surface area contributed by atoms with Crippen LogP contribution in [0, 0.1) is 0 Å². The molecular formula is C12H15N3O3S. The Kier molecular flexibility index (Phi) is 5.74. The van der Waals surface area contributed by atoms with Crippen LogP contribution in [0.3, 0.4) is 0 Å². The molecule has 0 saturated carbocycles. The Labute approximate surface area is 116 Å². The molecule has 0 aliphatic heterocycles. The topological polar surface area (TPSA) is 90.5 Å². The van der Waals surface area contributed by atoms with Crippen molar-refractivity contribution < 1.29 is 14.7 Å². The summed E-state index contributed by atoms with van der Waals surface area (Å²) in [4.78, 5) is 21.9. The number of anilines is 1. The third kappa shape index (κ3) is 5.82. The highest BCUT2D eigenvalue weighted by Crippen LogP contribution is 2.03. The Morgan fingerprint density at radius 3 is 2.53 bits per heavy atom. The van der Waals surface area contributed by atoms with E-state index in [0.29, 0.717) is 5.11 Å². The van der Waals surface area contributed by atoms with Crippen LogP contribution in [0.5, 0.6) is 0 Å². The summed E-state index contributed by atoms with van der Waals surface area (Å²) in [5, 5.41) is 16.8. The summed E-state index contributed by atoms with van der Waals surface area (Å²) >= 11 is 5.00. The second kappa shape index (κ2) is 7.32. The third-order valence-corrected chi connectivity index (χ3v) is 2.44. The van der Waals surface area contributed by atoms with E-state index < -0.39 is 17.9 Å². The maximum absolute atomic E-state index is 11.4. The number of hydrogen-bond donors (Lipinski definition) is 4. The van der Waals surface area contributed by atoms with Crippen molar-refractivity contribution in [3.63, 3.8) is 0 Å². The van der Waals surface area contributed by atoms with Crippen LogP contribution in [0.15, 0.2) is 30.3 Å². The van der Waals surface area contributed by atoms with Crippen LogP contribution in [0.4, 0.5) is 5.69 Å². The average molecular weight is 281 g/mol. The first-order chi connectivity index (χ1) is 8.99. The summed E-state index contributed by atoms with van der Waals surface area (Å²) in [7, 11) is 0. The largest absolute Gasteiger partial charge is 0.480 e.